The Morgan fingerprint density at radius 1 is 1.05 bits per heavy atom. The molecule has 5 atom stereocenters. The van der Waals surface area contributed by atoms with Crippen LogP contribution < -0.4 is 11.1 Å². The van der Waals surface area contributed by atoms with Crippen LogP contribution in [0.25, 0.3) is 0 Å². The van der Waals surface area contributed by atoms with Crippen molar-refractivity contribution in [2.45, 2.75) is 30.6 Å². The van der Waals surface area contributed by atoms with Gasteiger partial charge < -0.3 is 47.3 Å². The Kier molecular flexibility index (Phi) is 19.5. The zero-order valence-electron chi connectivity index (χ0n) is 10.3. The summed E-state index contributed by atoms with van der Waals surface area (Å²) in [5, 5.41) is 39.3. The molecule has 1 saturated heterocycles. The molecular weight excluding hydrogens is 371 g/mol. The van der Waals surface area contributed by atoms with E-state index in [1.54, 1.807) is 0 Å². The molecule has 0 unspecified atom stereocenters. The van der Waals surface area contributed by atoms with Gasteiger partial charge in [-0.1, -0.05) is 0 Å². The van der Waals surface area contributed by atoms with Crippen molar-refractivity contribution in [1.82, 2.24) is 5.32 Å². The fraction of sp³-hybridized carbons (Fsp3) is 1.00. The number of hydrogen-bond donors (Lipinski definition) is 6. The van der Waals surface area contributed by atoms with Crippen molar-refractivity contribution in [2.75, 3.05) is 19.8 Å². The smallest absolute Gasteiger partial charge is 0.126 e. The summed E-state index contributed by atoms with van der Waals surface area (Å²) in [5.74, 6) is 0. The first-order valence-electron chi connectivity index (χ1n) is 4.84. The van der Waals surface area contributed by atoms with Gasteiger partial charge in [0.25, 0.3) is 0 Å². The average Bonchev–Trinajstić information content (AvgIpc) is 2.25. The van der Waals surface area contributed by atoms with Gasteiger partial charge in [-0.25, -0.2) is 0 Å². The summed E-state index contributed by atoms with van der Waals surface area (Å²) < 4.78 is 5.23. The van der Waals surface area contributed by atoms with Gasteiger partial charge in [0.05, 0.1) is 19.3 Å². The number of rotatable bonds is 4. The van der Waals surface area contributed by atoms with Crippen molar-refractivity contribution in [1.29, 1.82) is 0 Å². The predicted molar refractivity (Wildman–Crippen MR) is 67.4 cm³/mol. The van der Waals surface area contributed by atoms with Crippen LogP contribution >= 0.6 is 0 Å². The minimum atomic E-state index is -1.20. The standard InChI is InChI=1S/C8H18N2O5.3H2O.Sn/c9-5-7(14)6(13)4(3-12)15-8(5)10-1-2-11;;;;/h4-8,10-14H,1-3,9H2;3*1H2;/t4-,5-,6+,7+,8-;;;;/m0..../s1. The molecule has 13 N–H and O–H groups in total. The van der Waals surface area contributed by atoms with Crippen molar-refractivity contribution in [3.63, 3.8) is 0 Å². The number of ether oxygens (including phenoxy) is 1. The first-order valence-corrected chi connectivity index (χ1v) is 4.84. The molecule has 19 heavy (non-hydrogen) atoms. The SMILES string of the molecule is N[C@H]1[C@@H](O)[C@H](O)[C@H](CO)O[C@@H]1NCCO.O.O.O.[Sn]. The van der Waals surface area contributed by atoms with E-state index >= 15 is 0 Å². The van der Waals surface area contributed by atoms with Crippen LogP contribution in [0.1, 0.15) is 0 Å². The van der Waals surface area contributed by atoms with Crippen LogP contribution in [-0.2, 0) is 4.74 Å². The molecule has 1 fully saturated rings. The van der Waals surface area contributed by atoms with E-state index in [1.807, 2.05) is 0 Å². The third-order valence-corrected chi connectivity index (χ3v) is 2.43. The number of aliphatic hydroxyl groups excluding tert-OH is 4. The summed E-state index contributed by atoms with van der Waals surface area (Å²) in [4.78, 5) is 0. The molecule has 4 radical (unpaired) electrons. The van der Waals surface area contributed by atoms with Gasteiger partial charge in [-0.15, -0.1) is 0 Å². The molecule has 118 valence electrons. The summed E-state index contributed by atoms with van der Waals surface area (Å²) in [6, 6.07) is -0.797. The average molecular weight is 395 g/mol. The van der Waals surface area contributed by atoms with Crippen molar-refractivity contribution in [3.8, 4) is 0 Å². The van der Waals surface area contributed by atoms with Crippen molar-refractivity contribution >= 4 is 23.9 Å². The van der Waals surface area contributed by atoms with Crippen LogP contribution in [0.4, 0.5) is 0 Å². The summed E-state index contributed by atoms with van der Waals surface area (Å²) in [5.41, 5.74) is 5.61. The second kappa shape index (κ2) is 13.4. The van der Waals surface area contributed by atoms with Crippen LogP contribution in [-0.4, -0.2) is 111 Å². The van der Waals surface area contributed by atoms with Crippen LogP contribution in [0.5, 0.6) is 0 Å². The van der Waals surface area contributed by atoms with Crippen LogP contribution in [0.2, 0.25) is 0 Å². The van der Waals surface area contributed by atoms with Crippen LogP contribution in [0.3, 0.4) is 0 Å². The number of hydrogen-bond acceptors (Lipinski definition) is 7. The van der Waals surface area contributed by atoms with Gasteiger partial charge in [0.1, 0.15) is 24.5 Å². The minimum Gasteiger partial charge on any atom is -0.412 e. The molecule has 0 aromatic carbocycles. The molecule has 10 nitrogen and oxygen atoms in total. The predicted octanol–water partition coefficient (Wildman–Crippen LogP) is -6.52. The second-order valence-corrected chi connectivity index (χ2v) is 3.51. The quantitative estimate of drug-likeness (QED) is 0.252. The zero-order valence-corrected chi connectivity index (χ0v) is 13.1. The molecule has 1 aliphatic heterocycles. The molecule has 0 bridgehead atoms. The Labute approximate surface area is 127 Å². The van der Waals surface area contributed by atoms with E-state index < -0.39 is 37.2 Å². The topological polar surface area (TPSA) is 223 Å². The Morgan fingerprint density at radius 3 is 2.00 bits per heavy atom. The Morgan fingerprint density at radius 2 is 1.58 bits per heavy atom. The maximum Gasteiger partial charge on any atom is 0.126 e. The molecule has 11 heteroatoms. The van der Waals surface area contributed by atoms with Crippen molar-refractivity contribution in [3.05, 3.63) is 0 Å². The molecule has 1 heterocycles. The fourth-order valence-electron chi connectivity index (χ4n) is 1.53. The number of nitrogens with one attached hydrogen (secondary N) is 1. The molecule has 0 aromatic heterocycles. The van der Waals surface area contributed by atoms with Gasteiger partial charge in [0.2, 0.25) is 0 Å². The molecular formula is C8H24N2O8Sn. The van der Waals surface area contributed by atoms with Crippen LogP contribution in [0, 0.1) is 0 Å². The Balaban J connectivity index is -0.000000281. The Bertz CT molecular complexity index is 202. The van der Waals surface area contributed by atoms with E-state index in [4.69, 9.17) is 20.7 Å². The van der Waals surface area contributed by atoms with E-state index in [1.165, 1.54) is 0 Å². The first kappa shape index (κ1) is 27.7. The van der Waals surface area contributed by atoms with Gasteiger partial charge >= 0.3 is 0 Å². The normalized spacial score (nSPS) is 33.0. The van der Waals surface area contributed by atoms with Gasteiger partial charge in [0, 0.05) is 30.5 Å². The van der Waals surface area contributed by atoms with E-state index in [0.29, 0.717) is 0 Å². The monoisotopic (exact) mass is 396 g/mol. The van der Waals surface area contributed by atoms with Gasteiger partial charge in [-0.05, 0) is 0 Å². The molecule has 0 aliphatic carbocycles. The fourth-order valence-corrected chi connectivity index (χ4v) is 1.53. The molecule has 0 saturated carbocycles. The maximum absolute atomic E-state index is 9.55. The van der Waals surface area contributed by atoms with E-state index in [9.17, 15) is 10.2 Å². The van der Waals surface area contributed by atoms with Crippen LogP contribution in [0.15, 0.2) is 0 Å². The maximum atomic E-state index is 9.55. The van der Waals surface area contributed by atoms with Crippen molar-refractivity contribution in [2.24, 2.45) is 5.73 Å². The van der Waals surface area contributed by atoms with Gasteiger partial charge in [-0.3, -0.25) is 5.32 Å². The summed E-state index contributed by atoms with van der Waals surface area (Å²) in [6.07, 6.45) is -3.91. The summed E-state index contributed by atoms with van der Waals surface area (Å²) >= 11 is 0. The number of nitrogens with two attached hydrogens (primary N) is 1. The largest absolute Gasteiger partial charge is 0.412 e. The van der Waals surface area contributed by atoms with Gasteiger partial charge in [0.15, 0.2) is 0 Å². The first-order chi connectivity index (χ1) is 7.11. The zero-order chi connectivity index (χ0) is 11.4. The molecule has 0 spiro atoms. The van der Waals surface area contributed by atoms with E-state index in [0.717, 1.165) is 0 Å². The molecule has 1 aliphatic rings. The minimum absolute atomic E-state index is 0. The third-order valence-electron chi connectivity index (χ3n) is 2.43. The van der Waals surface area contributed by atoms with Gasteiger partial charge in [-0.2, -0.15) is 0 Å². The molecule has 0 aromatic rings. The summed E-state index contributed by atoms with van der Waals surface area (Å²) in [7, 11) is 0. The summed E-state index contributed by atoms with van der Waals surface area (Å²) in [6.45, 7) is -0.226. The second-order valence-electron chi connectivity index (χ2n) is 3.51. The van der Waals surface area contributed by atoms with E-state index in [-0.39, 0.29) is 53.5 Å². The third kappa shape index (κ3) is 7.10. The number of aliphatic hydroxyl groups is 4. The Hall–Kier alpha value is 0.399. The molecule has 0 amide bonds. The van der Waals surface area contributed by atoms with Crippen molar-refractivity contribution < 1.29 is 41.6 Å². The molecule has 1 rings (SSSR count). The van der Waals surface area contributed by atoms with E-state index in [2.05, 4.69) is 5.32 Å².